The number of aromatic nitrogens is 4. The lowest BCUT2D eigenvalue weighted by Gasteiger charge is -2.14. The number of benzene rings is 2. The molecule has 0 aliphatic rings. The van der Waals surface area contributed by atoms with Gasteiger partial charge in [0.1, 0.15) is 11.6 Å². The number of para-hydroxylation sites is 2. The highest BCUT2D eigenvalue weighted by molar-refractivity contribution is 5.94. The Morgan fingerprint density at radius 2 is 1.77 bits per heavy atom. The summed E-state index contributed by atoms with van der Waals surface area (Å²) in [6, 6.07) is 14.1. The van der Waals surface area contributed by atoms with Gasteiger partial charge in [-0.2, -0.15) is 5.26 Å². The van der Waals surface area contributed by atoms with Gasteiger partial charge in [0.05, 0.1) is 39.0 Å². The van der Waals surface area contributed by atoms with Gasteiger partial charge >= 0.3 is 5.97 Å². The van der Waals surface area contributed by atoms with Gasteiger partial charge < -0.3 is 14.8 Å². The van der Waals surface area contributed by atoms with Crippen molar-refractivity contribution < 1.29 is 14.6 Å². The van der Waals surface area contributed by atoms with Crippen molar-refractivity contribution in [2.75, 3.05) is 0 Å². The van der Waals surface area contributed by atoms with Crippen LogP contribution in [0.1, 0.15) is 34.5 Å². The molecule has 154 valence electrons. The molecule has 2 N–H and O–H groups in total. The molecule has 8 nitrogen and oxygen atoms in total. The van der Waals surface area contributed by atoms with Gasteiger partial charge in [0.15, 0.2) is 17.7 Å². The molecule has 0 saturated heterocycles. The number of nitrogens with zero attached hydrogens (tertiary/aromatic N) is 4. The number of hydrogen-bond donors (Lipinski definition) is 2. The molecule has 0 unspecified atom stereocenters. The van der Waals surface area contributed by atoms with Gasteiger partial charge in [-0.15, -0.1) is 0 Å². The van der Waals surface area contributed by atoms with E-state index in [-0.39, 0.29) is 22.7 Å². The molecule has 0 bridgehead atoms. The smallest absolute Gasteiger partial charge is 0.338 e. The third-order valence-corrected chi connectivity index (χ3v) is 4.97. The van der Waals surface area contributed by atoms with Crippen LogP contribution in [-0.2, 0) is 4.74 Å². The van der Waals surface area contributed by atoms with E-state index in [2.05, 4.69) is 19.9 Å². The van der Waals surface area contributed by atoms with Crippen molar-refractivity contribution in [3.63, 3.8) is 0 Å². The Hall–Kier alpha value is -4.25. The van der Waals surface area contributed by atoms with Crippen LogP contribution in [0.15, 0.2) is 48.2 Å². The highest BCUT2D eigenvalue weighted by Gasteiger charge is 2.22. The third-order valence-electron chi connectivity index (χ3n) is 4.97. The van der Waals surface area contributed by atoms with E-state index < -0.39 is 12.1 Å². The van der Waals surface area contributed by atoms with E-state index in [1.807, 2.05) is 38.1 Å². The monoisotopic (exact) mass is 413 g/mol. The van der Waals surface area contributed by atoms with Gasteiger partial charge in [-0.1, -0.05) is 12.1 Å². The van der Waals surface area contributed by atoms with Crippen LogP contribution >= 0.6 is 0 Å². The van der Waals surface area contributed by atoms with Crippen LogP contribution in [0.4, 0.5) is 0 Å². The van der Waals surface area contributed by atoms with Crippen LogP contribution < -0.4 is 0 Å². The Labute approximate surface area is 177 Å². The number of aliphatic hydroxyl groups is 1. The van der Waals surface area contributed by atoms with Crippen LogP contribution in [-0.4, -0.2) is 37.1 Å². The van der Waals surface area contributed by atoms with Crippen LogP contribution in [0.2, 0.25) is 0 Å². The number of H-pyrrole nitrogens is 1. The fraction of sp³-hybridized carbons (Fsp3) is 0.174. The third kappa shape index (κ3) is 3.81. The fourth-order valence-corrected chi connectivity index (χ4v) is 3.15. The summed E-state index contributed by atoms with van der Waals surface area (Å²) in [7, 11) is 0. The quantitative estimate of drug-likeness (QED) is 0.292. The van der Waals surface area contributed by atoms with Crippen molar-refractivity contribution in [2.45, 2.75) is 26.9 Å². The second-order valence-electron chi connectivity index (χ2n) is 7.12. The SMILES string of the molecule is Cc1nc2ccc(C(=O)O[C@@H](C)/C(O)=C(\C#N)c3nc4ccccc4[nH]3)cc2nc1C. The van der Waals surface area contributed by atoms with Gasteiger partial charge in [0.2, 0.25) is 0 Å². The van der Waals surface area contributed by atoms with E-state index >= 15 is 0 Å². The number of esters is 1. The zero-order chi connectivity index (χ0) is 22.1. The molecule has 2 aromatic heterocycles. The molecule has 0 saturated carbocycles. The van der Waals surface area contributed by atoms with E-state index in [4.69, 9.17) is 4.74 Å². The molecule has 0 amide bonds. The number of imidazole rings is 1. The van der Waals surface area contributed by atoms with Crippen molar-refractivity contribution in [1.82, 2.24) is 19.9 Å². The zero-order valence-electron chi connectivity index (χ0n) is 17.2. The first kappa shape index (κ1) is 20.0. The van der Waals surface area contributed by atoms with E-state index in [1.54, 1.807) is 24.3 Å². The molecule has 31 heavy (non-hydrogen) atoms. The van der Waals surface area contributed by atoms with E-state index in [1.165, 1.54) is 6.92 Å². The maximum Gasteiger partial charge on any atom is 0.338 e. The van der Waals surface area contributed by atoms with Crippen LogP contribution in [0.25, 0.3) is 27.6 Å². The lowest BCUT2D eigenvalue weighted by Crippen LogP contribution is -2.18. The lowest BCUT2D eigenvalue weighted by molar-refractivity contribution is 0.0334. The summed E-state index contributed by atoms with van der Waals surface area (Å²) in [6.45, 7) is 5.20. The molecule has 0 radical (unpaired) electrons. The molecule has 0 spiro atoms. The number of carbonyl (C=O) groups is 1. The predicted molar refractivity (Wildman–Crippen MR) is 115 cm³/mol. The van der Waals surface area contributed by atoms with Gasteiger partial charge in [0, 0.05) is 0 Å². The number of aromatic amines is 1. The molecule has 1 atom stereocenters. The summed E-state index contributed by atoms with van der Waals surface area (Å²) in [5, 5.41) is 20.1. The van der Waals surface area contributed by atoms with Crippen molar-refractivity contribution in [3.8, 4) is 6.07 Å². The maximum atomic E-state index is 12.6. The van der Waals surface area contributed by atoms with E-state index in [0.717, 1.165) is 16.9 Å². The molecule has 0 aliphatic heterocycles. The van der Waals surface area contributed by atoms with Crippen LogP contribution in [0.5, 0.6) is 0 Å². The second-order valence-corrected chi connectivity index (χ2v) is 7.12. The summed E-state index contributed by atoms with van der Waals surface area (Å²) in [5.41, 5.74) is 4.41. The number of nitrogens with one attached hydrogen (secondary N) is 1. The lowest BCUT2D eigenvalue weighted by atomic mass is 10.1. The number of rotatable bonds is 4. The first-order valence-electron chi connectivity index (χ1n) is 9.61. The molecular formula is C23H19N5O3. The topological polar surface area (TPSA) is 125 Å². The first-order chi connectivity index (χ1) is 14.9. The van der Waals surface area contributed by atoms with Gasteiger partial charge in [-0.25, -0.2) is 19.7 Å². The molecule has 0 aliphatic carbocycles. The Kier molecular flexibility index (Phi) is 5.09. The van der Waals surface area contributed by atoms with Gasteiger partial charge in [0.25, 0.3) is 0 Å². The van der Waals surface area contributed by atoms with Crippen molar-refractivity contribution >= 4 is 33.6 Å². The predicted octanol–water partition coefficient (Wildman–Crippen LogP) is 4.16. The Morgan fingerprint density at radius 1 is 1.06 bits per heavy atom. The van der Waals surface area contributed by atoms with Crippen molar-refractivity contribution in [1.29, 1.82) is 5.26 Å². The summed E-state index contributed by atoms with van der Waals surface area (Å²) >= 11 is 0. The Balaban J connectivity index is 1.60. The first-order valence-corrected chi connectivity index (χ1v) is 9.61. The average Bonchev–Trinajstić information content (AvgIpc) is 3.18. The Morgan fingerprint density at radius 3 is 2.48 bits per heavy atom. The van der Waals surface area contributed by atoms with E-state index in [9.17, 15) is 15.2 Å². The standard InChI is InChI=1S/C23H19N5O3/c1-12-13(2)26-20-10-15(8-9-19(20)25-12)23(30)31-14(3)21(29)16(11-24)22-27-17-6-4-5-7-18(17)28-22/h4-10,14,29H,1-3H3,(H,27,28)/b21-16-/t14-/m0/s1. The van der Waals surface area contributed by atoms with Crippen molar-refractivity contribution in [3.05, 3.63) is 71.0 Å². The van der Waals surface area contributed by atoms with Gasteiger partial charge in [-0.05, 0) is 51.1 Å². The number of fused-ring (bicyclic) bond motifs is 2. The normalized spacial score (nSPS) is 13.0. The highest BCUT2D eigenvalue weighted by Crippen LogP contribution is 2.22. The summed E-state index contributed by atoms with van der Waals surface area (Å²) in [6.07, 6.45) is -1.06. The summed E-state index contributed by atoms with van der Waals surface area (Å²) in [5.74, 6) is -0.833. The highest BCUT2D eigenvalue weighted by atomic mass is 16.6. The Bertz CT molecular complexity index is 1360. The number of nitriles is 1. The summed E-state index contributed by atoms with van der Waals surface area (Å²) in [4.78, 5) is 28.8. The largest absolute Gasteiger partial charge is 0.507 e. The van der Waals surface area contributed by atoms with Crippen LogP contribution in [0, 0.1) is 25.2 Å². The number of aryl methyl sites for hydroxylation is 2. The van der Waals surface area contributed by atoms with Crippen LogP contribution in [0.3, 0.4) is 0 Å². The molecule has 8 heteroatoms. The summed E-state index contributed by atoms with van der Waals surface area (Å²) < 4.78 is 5.39. The molecule has 4 aromatic rings. The fourth-order valence-electron chi connectivity index (χ4n) is 3.15. The number of carbonyl (C=O) groups excluding carboxylic acids is 1. The van der Waals surface area contributed by atoms with Crippen molar-refractivity contribution in [2.24, 2.45) is 0 Å². The molecule has 2 heterocycles. The minimum absolute atomic E-state index is 0.0908. The minimum atomic E-state index is -1.06. The van der Waals surface area contributed by atoms with E-state index in [0.29, 0.717) is 16.6 Å². The maximum absolute atomic E-state index is 12.6. The number of ether oxygens (including phenoxy) is 1. The zero-order valence-corrected chi connectivity index (χ0v) is 17.2. The van der Waals surface area contributed by atoms with Gasteiger partial charge in [-0.3, -0.25) is 0 Å². The number of aliphatic hydroxyl groups excluding tert-OH is 1. The molecule has 2 aromatic carbocycles. The molecular weight excluding hydrogens is 394 g/mol. The molecule has 4 rings (SSSR count). The second kappa shape index (κ2) is 7.88. The average molecular weight is 413 g/mol. The number of hydrogen-bond acceptors (Lipinski definition) is 7. The molecule has 0 fully saturated rings. The minimum Gasteiger partial charge on any atom is -0.507 e. The number of allylic oxidation sites excluding steroid dienone is 1.